The van der Waals surface area contributed by atoms with Gasteiger partial charge in [-0.3, -0.25) is 4.79 Å². The molecule has 1 heterocycles. The molecule has 0 aliphatic carbocycles. The molecule has 0 saturated heterocycles. The van der Waals surface area contributed by atoms with E-state index < -0.39 is 5.97 Å². The van der Waals surface area contributed by atoms with E-state index in [-0.39, 0.29) is 24.2 Å². The monoisotopic (exact) mass is 234 g/mol. The highest BCUT2D eigenvalue weighted by molar-refractivity contribution is 5.72. The molecule has 0 aromatic carbocycles. The normalized spacial score (nSPS) is 10.1. The first kappa shape index (κ1) is 12.9. The van der Waals surface area contributed by atoms with Crippen molar-refractivity contribution in [3.63, 3.8) is 0 Å². The number of carbonyl (C=O) groups is 1. The molecule has 0 bridgehead atoms. The molecule has 0 atom stereocenters. The Morgan fingerprint density at radius 2 is 2.24 bits per heavy atom. The first-order chi connectivity index (χ1) is 7.93. The summed E-state index contributed by atoms with van der Waals surface area (Å²) in [7, 11) is 0. The number of aryl methyl sites for hydroxylation is 1. The summed E-state index contributed by atoms with van der Waals surface area (Å²) < 4.78 is 0. The van der Waals surface area contributed by atoms with Crippen LogP contribution in [0.25, 0.3) is 0 Å². The van der Waals surface area contributed by atoms with Crippen molar-refractivity contribution in [1.82, 2.24) is 9.97 Å². The Labute approximate surface area is 99.5 Å². The van der Waals surface area contributed by atoms with Gasteiger partial charge >= 0.3 is 5.97 Å². The molecule has 0 fully saturated rings. The maximum Gasteiger partial charge on any atom is 0.323 e. The SMILES string of the molecule is Cc1cc(C#N)nc(N(CC(=O)O)C(C)C)n1. The number of anilines is 1. The zero-order valence-electron chi connectivity index (χ0n) is 10.0. The van der Waals surface area contributed by atoms with Gasteiger partial charge in [-0.1, -0.05) is 0 Å². The predicted octanol–water partition coefficient (Wildman–Crippen LogP) is 0.956. The van der Waals surface area contributed by atoms with Gasteiger partial charge in [0.05, 0.1) is 0 Å². The summed E-state index contributed by atoms with van der Waals surface area (Å²) in [6.07, 6.45) is 0. The molecule has 1 N–H and O–H groups in total. The Kier molecular flexibility index (Phi) is 3.99. The van der Waals surface area contributed by atoms with E-state index in [1.54, 1.807) is 13.0 Å². The average molecular weight is 234 g/mol. The Morgan fingerprint density at radius 1 is 1.59 bits per heavy atom. The topological polar surface area (TPSA) is 90.1 Å². The lowest BCUT2D eigenvalue weighted by Crippen LogP contribution is -2.37. The van der Waals surface area contributed by atoms with Crippen LogP contribution in [0.5, 0.6) is 0 Å². The van der Waals surface area contributed by atoms with Crippen molar-refractivity contribution in [2.24, 2.45) is 0 Å². The van der Waals surface area contributed by atoms with Gasteiger partial charge in [-0.25, -0.2) is 9.97 Å². The van der Waals surface area contributed by atoms with Gasteiger partial charge in [0.15, 0.2) is 0 Å². The maximum absolute atomic E-state index is 10.8. The first-order valence-corrected chi connectivity index (χ1v) is 5.18. The van der Waals surface area contributed by atoms with Crippen LogP contribution in [0.2, 0.25) is 0 Å². The summed E-state index contributed by atoms with van der Waals surface area (Å²) in [5, 5.41) is 17.6. The van der Waals surface area contributed by atoms with Gasteiger partial charge in [-0.05, 0) is 26.8 Å². The summed E-state index contributed by atoms with van der Waals surface area (Å²) >= 11 is 0. The molecule has 90 valence electrons. The average Bonchev–Trinajstić information content (AvgIpc) is 2.24. The van der Waals surface area contributed by atoms with E-state index in [1.807, 2.05) is 19.9 Å². The molecule has 1 aromatic rings. The molecule has 0 spiro atoms. The van der Waals surface area contributed by atoms with Crippen LogP contribution in [0.3, 0.4) is 0 Å². The van der Waals surface area contributed by atoms with Crippen LogP contribution >= 0.6 is 0 Å². The third-order valence-electron chi connectivity index (χ3n) is 2.14. The lowest BCUT2D eigenvalue weighted by Gasteiger charge is -2.24. The molecular weight excluding hydrogens is 220 g/mol. The van der Waals surface area contributed by atoms with Crippen molar-refractivity contribution in [3.8, 4) is 6.07 Å². The molecule has 0 aliphatic rings. The zero-order chi connectivity index (χ0) is 13.0. The lowest BCUT2D eigenvalue weighted by molar-refractivity contribution is -0.135. The zero-order valence-corrected chi connectivity index (χ0v) is 10.0. The number of aromatic nitrogens is 2. The minimum atomic E-state index is -0.956. The highest BCUT2D eigenvalue weighted by Crippen LogP contribution is 2.12. The second kappa shape index (κ2) is 5.25. The maximum atomic E-state index is 10.8. The van der Waals surface area contributed by atoms with Crippen molar-refractivity contribution in [3.05, 3.63) is 17.5 Å². The van der Waals surface area contributed by atoms with Crippen LogP contribution in [-0.4, -0.2) is 33.6 Å². The van der Waals surface area contributed by atoms with Crippen LogP contribution in [0, 0.1) is 18.3 Å². The number of aliphatic carboxylic acids is 1. The molecule has 0 unspecified atom stereocenters. The molecule has 6 nitrogen and oxygen atoms in total. The highest BCUT2D eigenvalue weighted by Gasteiger charge is 2.17. The van der Waals surface area contributed by atoms with Crippen LogP contribution in [0.1, 0.15) is 25.2 Å². The fraction of sp³-hybridized carbons (Fsp3) is 0.455. The molecule has 0 saturated carbocycles. The second-order valence-corrected chi connectivity index (χ2v) is 3.92. The summed E-state index contributed by atoms with van der Waals surface area (Å²) in [6.45, 7) is 5.25. The molecule has 1 aromatic heterocycles. The van der Waals surface area contributed by atoms with E-state index in [2.05, 4.69) is 9.97 Å². The van der Waals surface area contributed by atoms with Gasteiger partial charge in [-0.15, -0.1) is 0 Å². The number of hydrogen-bond acceptors (Lipinski definition) is 5. The van der Waals surface area contributed by atoms with Crippen molar-refractivity contribution in [2.75, 3.05) is 11.4 Å². The van der Waals surface area contributed by atoms with Crippen molar-refractivity contribution in [1.29, 1.82) is 5.26 Å². The molecule has 17 heavy (non-hydrogen) atoms. The van der Waals surface area contributed by atoms with E-state index >= 15 is 0 Å². The van der Waals surface area contributed by atoms with E-state index in [1.165, 1.54) is 4.90 Å². The van der Waals surface area contributed by atoms with E-state index in [4.69, 9.17) is 10.4 Å². The standard InChI is InChI=1S/C11H14N4O2/c1-7(2)15(6-10(16)17)11-13-8(3)4-9(5-12)14-11/h4,7H,6H2,1-3H3,(H,16,17). The fourth-order valence-electron chi connectivity index (χ4n) is 1.37. The summed E-state index contributed by atoms with van der Waals surface area (Å²) in [6, 6.07) is 3.43. The summed E-state index contributed by atoms with van der Waals surface area (Å²) in [5.74, 6) is -0.679. The molecule has 1 rings (SSSR count). The van der Waals surface area contributed by atoms with Gasteiger partial charge in [0.2, 0.25) is 5.95 Å². The van der Waals surface area contributed by atoms with Gasteiger partial charge < -0.3 is 10.0 Å². The van der Waals surface area contributed by atoms with E-state index in [0.29, 0.717) is 5.69 Å². The van der Waals surface area contributed by atoms with Crippen LogP contribution in [-0.2, 0) is 4.79 Å². The van der Waals surface area contributed by atoms with Crippen molar-refractivity contribution in [2.45, 2.75) is 26.8 Å². The van der Waals surface area contributed by atoms with E-state index in [9.17, 15) is 4.79 Å². The van der Waals surface area contributed by atoms with Crippen LogP contribution in [0.4, 0.5) is 5.95 Å². The number of rotatable bonds is 4. The number of hydrogen-bond donors (Lipinski definition) is 1. The van der Waals surface area contributed by atoms with Crippen molar-refractivity contribution >= 4 is 11.9 Å². The Bertz CT molecular complexity index is 465. The number of nitriles is 1. The molecule has 0 aliphatic heterocycles. The Balaban J connectivity index is 3.14. The lowest BCUT2D eigenvalue weighted by atomic mass is 10.3. The minimum Gasteiger partial charge on any atom is -0.480 e. The predicted molar refractivity (Wildman–Crippen MR) is 61.6 cm³/mol. The third-order valence-corrected chi connectivity index (χ3v) is 2.14. The summed E-state index contributed by atoms with van der Waals surface area (Å²) in [5.41, 5.74) is 0.881. The van der Waals surface area contributed by atoms with Gasteiger partial charge in [0.1, 0.15) is 18.3 Å². The van der Waals surface area contributed by atoms with Crippen LogP contribution in [0.15, 0.2) is 6.07 Å². The van der Waals surface area contributed by atoms with Crippen LogP contribution < -0.4 is 4.90 Å². The molecule has 6 heteroatoms. The Hall–Kier alpha value is -2.16. The highest BCUT2D eigenvalue weighted by atomic mass is 16.4. The minimum absolute atomic E-state index is 0.0561. The number of carboxylic acids is 1. The molecule has 0 amide bonds. The Morgan fingerprint density at radius 3 is 2.71 bits per heavy atom. The summed E-state index contributed by atoms with van der Waals surface area (Å²) in [4.78, 5) is 20.5. The largest absolute Gasteiger partial charge is 0.480 e. The van der Waals surface area contributed by atoms with Crippen molar-refractivity contribution < 1.29 is 9.90 Å². The van der Waals surface area contributed by atoms with E-state index in [0.717, 1.165) is 0 Å². The smallest absolute Gasteiger partial charge is 0.323 e. The van der Waals surface area contributed by atoms with Gasteiger partial charge in [-0.2, -0.15) is 5.26 Å². The molecular formula is C11H14N4O2. The number of carboxylic acid groups (broad SMARTS) is 1. The van der Waals surface area contributed by atoms with Gasteiger partial charge in [0, 0.05) is 11.7 Å². The third kappa shape index (κ3) is 3.41. The molecule has 0 radical (unpaired) electrons. The second-order valence-electron chi connectivity index (χ2n) is 3.92. The quantitative estimate of drug-likeness (QED) is 0.834. The van der Waals surface area contributed by atoms with Gasteiger partial charge in [0.25, 0.3) is 0 Å². The number of nitrogens with zero attached hydrogens (tertiary/aromatic N) is 4. The fourth-order valence-corrected chi connectivity index (χ4v) is 1.37. The first-order valence-electron chi connectivity index (χ1n) is 5.18.